The lowest BCUT2D eigenvalue weighted by molar-refractivity contribution is 0.00578. The van der Waals surface area contributed by atoms with Crippen LogP contribution in [0.2, 0.25) is 0 Å². The maximum absolute atomic E-state index is 6.03. The van der Waals surface area contributed by atoms with Crippen LogP contribution in [0.4, 0.5) is 5.82 Å². The van der Waals surface area contributed by atoms with Crippen LogP contribution < -0.4 is 10.5 Å². The number of nitrogens with zero attached hydrogens (tertiary/aromatic N) is 3. The second-order valence-corrected chi connectivity index (χ2v) is 7.49. The second-order valence-electron chi connectivity index (χ2n) is 7.49. The van der Waals surface area contributed by atoms with Crippen molar-refractivity contribution in [2.45, 2.75) is 65.6 Å². The Morgan fingerprint density at radius 1 is 0.960 bits per heavy atom. The molecule has 0 radical (unpaired) electrons. The molecule has 7 heteroatoms. The lowest BCUT2D eigenvalue weighted by Gasteiger charge is -2.32. The van der Waals surface area contributed by atoms with Gasteiger partial charge in [0.2, 0.25) is 0 Å². The topological polar surface area (TPSA) is 56.7 Å². The average molecular weight is 349 g/mol. The summed E-state index contributed by atoms with van der Waals surface area (Å²) in [6.45, 7) is 15.7. The Morgan fingerprint density at radius 3 is 2.16 bits per heavy atom. The summed E-state index contributed by atoms with van der Waals surface area (Å²) in [6, 6.07) is 0. The van der Waals surface area contributed by atoms with Crippen molar-refractivity contribution in [2.75, 3.05) is 31.2 Å². The lowest BCUT2D eigenvalue weighted by Crippen LogP contribution is -2.41. The molecule has 0 saturated carbocycles. The Balaban J connectivity index is 2.02. The van der Waals surface area contributed by atoms with E-state index in [1.807, 2.05) is 27.7 Å². The van der Waals surface area contributed by atoms with Gasteiger partial charge in [0.05, 0.1) is 29.6 Å². The van der Waals surface area contributed by atoms with Crippen molar-refractivity contribution in [3.8, 4) is 0 Å². The van der Waals surface area contributed by atoms with E-state index < -0.39 is 7.12 Å². The zero-order valence-electron chi connectivity index (χ0n) is 16.5. The SMILES string of the molecule is CCCOCCN(CCC)c1cnc(B2OC(C)(C)C(C)(C)O2)cn1. The van der Waals surface area contributed by atoms with E-state index in [-0.39, 0.29) is 11.2 Å². The van der Waals surface area contributed by atoms with Crippen LogP contribution in [0.15, 0.2) is 12.4 Å². The van der Waals surface area contributed by atoms with Gasteiger partial charge in [0.25, 0.3) is 0 Å². The first-order chi connectivity index (χ1) is 11.8. The van der Waals surface area contributed by atoms with Crippen molar-refractivity contribution in [3.05, 3.63) is 12.4 Å². The van der Waals surface area contributed by atoms with Crippen LogP contribution in [-0.2, 0) is 14.0 Å². The molecular weight excluding hydrogens is 317 g/mol. The maximum atomic E-state index is 6.03. The van der Waals surface area contributed by atoms with Gasteiger partial charge in [0.15, 0.2) is 0 Å². The van der Waals surface area contributed by atoms with Gasteiger partial charge in [-0.15, -0.1) is 0 Å². The zero-order valence-corrected chi connectivity index (χ0v) is 16.5. The normalized spacial score (nSPS) is 18.6. The Bertz CT molecular complexity index is 521. The number of anilines is 1. The highest BCUT2D eigenvalue weighted by molar-refractivity contribution is 6.61. The van der Waals surface area contributed by atoms with Crippen molar-refractivity contribution in [3.63, 3.8) is 0 Å². The number of aromatic nitrogens is 2. The molecule has 0 atom stereocenters. The molecule has 0 aliphatic carbocycles. The molecule has 0 amide bonds. The summed E-state index contributed by atoms with van der Waals surface area (Å²) in [6.07, 6.45) is 5.65. The van der Waals surface area contributed by atoms with E-state index >= 15 is 0 Å². The van der Waals surface area contributed by atoms with E-state index in [0.29, 0.717) is 12.2 Å². The fourth-order valence-corrected chi connectivity index (χ4v) is 2.61. The van der Waals surface area contributed by atoms with Gasteiger partial charge in [0, 0.05) is 25.9 Å². The summed E-state index contributed by atoms with van der Waals surface area (Å²) in [4.78, 5) is 11.3. The van der Waals surface area contributed by atoms with Crippen LogP contribution in [0.3, 0.4) is 0 Å². The Kier molecular flexibility index (Phi) is 6.82. The molecule has 1 aromatic heterocycles. The lowest BCUT2D eigenvalue weighted by atomic mass is 9.85. The van der Waals surface area contributed by atoms with Crippen molar-refractivity contribution >= 4 is 18.5 Å². The minimum absolute atomic E-state index is 0.372. The molecule has 6 nitrogen and oxygen atoms in total. The van der Waals surface area contributed by atoms with Gasteiger partial charge in [0.1, 0.15) is 5.82 Å². The van der Waals surface area contributed by atoms with Crippen molar-refractivity contribution < 1.29 is 14.0 Å². The molecule has 25 heavy (non-hydrogen) atoms. The summed E-state index contributed by atoms with van der Waals surface area (Å²) in [5.41, 5.74) is -0.0350. The third kappa shape index (κ3) is 4.93. The summed E-state index contributed by atoms with van der Waals surface area (Å²) in [7, 11) is -0.473. The maximum Gasteiger partial charge on any atom is 0.516 e. The molecule has 0 aromatic carbocycles. The number of hydrogen-bond donors (Lipinski definition) is 0. The highest BCUT2D eigenvalue weighted by Crippen LogP contribution is 2.36. The number of ether oxygens (including phenoxy) is 1. The van der Waals surface area contributed by atoms with E-state index in [1.54, 1.807) is 12.4 Å². The molecule has 1 saturated heterocycles. The first kappa shape index (κ1) is 20.1. The summed E-state index contributed by atoms with van der Waals surface area (Å²) < 4.78 is 17.7. The van der Waals surface area contributed by atoms with Gasteiger partial charge >= 0.3 is 7.12 Å². The number of hydrogen-bond acceptors (Lipinski definition) is 6. The largest absolute Gasteiger partial charge is 0.516 e. The molecule has 1 fully saturated rings. The average Bonchev–Trinajstić information content (AvgIpc) is 2.78. The van der Waals surface area contributed by atoms with E-state index in [4.69, 9.17) is 14.0 Å². The minimum atomic E-state index is -0.473. The van der Waals surface area contributed by atoms with Gasteiger partial charge in [-0.3, -0.25) is 4.98 Å². The predicted molar refractivity (Wildman–Crippen MR) is 101 cm³/mol. The fraction of sp³-hybridized carbons (Fsp3) is 0.778. The molecule has 2 rings (SSSR count). The zero-order chi connectivity index (χ0) is 18.5. The van der Waals surface area contributed by atoms with Gasteiger partial charge in [-0.1, -0.05) is 13.8 Å². The quantitative estimate of drug-likeness (QED) is 0.504. The minimum Gasteiger partial charge on any atom is -0.398 e. The molecule has 140 valence electrons. The van der Waals surface area contributed by atoms with Crippen LogP contribution in [-0.4, -0.2) is 54.6 Å². The molecule has 0 unspecified atom stereocenters. The van der Waals surface area contributed by atoms with Gasteiger partial charge in [-0.2, -0.15) is 0 Å². The summed E-state index contributed by atoms with van der Waals surface area (Å²) >= 11 is 0. The molecule has 2 heterocycles. The van der Waals surface area contributed by atoms with Gasteiger partial charge in [-0.25, -0.2) is 4.98 Å². The highest BCUT2D eigenvalue weighted by atomic mass is 16.7. The van der Waals surface area contributed by atoms with Crippen molar-refractivity contribution in [2.24, 2.45) is 0 Å². The highest BCUT2D eigenvalue weighted by Gasteiger charge is 2.52. The van der Waals surface area contributed by atoms with Crippen LogP contribution >= 0.6 is 0 Å². The molecule has 1 aliphatic heterocycles. The second kappa shape index (κ2) is 8.47. The molecule has 1 aliphatic rings. The third-order valence-corrected chi connectivity index (χ3v) is 4.82. The predicted octanol–water partition coefficient (Wildman–Crippen LogP) is 2.42. The van der Waals surface area contributed by atoms with Gasteiger partial charge in [-0.05, 0) is 40.5 Å². The monoisotopic (exact) mass is 349 g/mol. The van der Waals surface area contributed by atoms with Crippen LogP contribution in [0, 0.1) is 0 Å². The molecule has 0 spiro atoms. The van der Waals surface area contributed by atoms with Crippen molar-refractivity contribution in [1.29, 1.82) is 0 Å². The van der Waals surface area contributed by atoms with Crippen LogP contribution in [0.25, 0.3) is 0 Å². The van der Waals surface area contributed by atoms with Crippen LogP contribution in [0.5, 0.6) is 0 Å². The molecule has 0 bridgehead atoms. The Morgan fingerprint density at radius 2 is 1.64 bits per heavy atom. The van der Waals surface area contributed by atoms with E-state index in [0.717, 1.165) is 38.4 Å². The van der Waals surface area contributed by atoms with E-state index in [1.165, 1.54) is 0 Å². The summed E-state index contributed by atoms with van der Waals surface area (Å²) in [5.74, 6) is 0.863. The first-order valence-corrected chi connectivity index (χ1v) is 9.31. The standard InChI is InChI=1S/C18H32BN3O3/c1-7-9-22(10-12-23-11-8-2)16-14-20-15(13-21-16)19-24-17(3,4)18(5,6)25-19/h13-14H,7-12H2,1-6H3. The molecule has 1 aromatic rings. The Hall–Kier alpha value is -1.18. The smallest absolute Gasteiger partial charge is 0.398 e. The molecular formula is C18H32BN3O3. The number of rotatable bonds is 9. The van der Waals surface area contributed by atoms with E-state index in [2.05, 4.69) is 28.7 Å². The Labute approximate surface area is 152 Å². The fourth-order valence-electron chi connectivity index (χ4n) is 2.61. The van der Waals surface area contributed by atoms with E-state index in [9.17, 15) is 0 Å². The van der Waals surface area contributed by atoms with Crippen LogP contribution in [0.1, 0.15) is 54.4 Å². The summed E-state index contributed by atoms with van der Waals surface area (Å²) in [5, 5.41) is 0. The molecule has 0 N–H and O–H groups in total. The van der Waals surface area contributed by atoms with Gasteiger partial charge < -0.3 is 18.9 Å². The first-order valence-electron chi connectivity index (χ1n) is 9.31. The third-order valence-electron chi connectivity index (χ3n) is 4.82. The van der Waals surface area contributed by atoms with Crippen molar-refractivity contribution in [1.82, 2.24) is 9.97 Å².